The number of sulfonamides is 1. The number of nitrogens with one attached hydrogen (secondary N) is 2. The molecule has 1 atom stereocenters. The Labute approximate surface area is 165 Å². The van der Waals surface area contributed by atoms with Crippen LogP contribution >= 0.6 is 11.8 Å². The Hall–Kier alpha value is -1.80. The Morgan fingerprint density at radius 3 is 2.56 bits per heavy atom. The van der Waals surface area contributed by atoms with Crippen molar-refractivity contribution in [1.29, 1.82) is 0 Å². The van der Waals surface area contributed by atoms with Gasteiger partial charge in [-0.25, -0.2) is 8.42 Å². The van der Waals surface area contributed by atoms with Gasteiger partial charge in [0.25, 0.3) is 0 Å². The van der Waals surface area contributed by atoms with E-state index in [0.29, 0.717) is 23.3 Å². The number of amides is 1. The maximum absolute atomic E-state index is 13.0. The molecule has 2 aliphatic rings. The maximum atomic E-state index is 13.0. The number of anilines is 1. The number of hydrogen-bond donors (Lipinski definition) is 2. The molecule has 2 N–H and O–H groups in total. The van der Waals surface area contributed by atoms with Crippen molar-refractivity contribution in [3.8, 4) is 0 Å². The Morgan fingerprint density at radius 2 is 1.96 bits per heavy atom. The molecule has 0 radical (unpaired) electrons. The highest BCUT2D eigenvalue weighted by atomic mass is 32.2. The fourth-order valence-corrected chi connectivity index (χ4v) is 4.75. The van der Waals surface area contributed by atoms with E-state index in [4.69, 9.17) is 0 Å². The molecule has 27 heavy (non-hydrogen) atoms. The fourth-order valence-electron chi connectivity index (χ4n) is 3.56. The van der Waals surface area contributed by atoms with Gasteiger partial charge < -0.3 is 5.32 Å². The van der Waals surface area contributed by atoms with E-state index in [1.165, 1.54) is 24.6 Å². The molecular formula is C19H25N3O3S2. The number of carbonyl (C=O) groups excluding carboxylic acids is 1. The van der Waals surface area contributed by atoms with E-state index in [1.54, 1.807) is 12.1 Å². The molecule has 0 saturated heterocycles. The molecule has 1 aromatic carbocycles. The van der Waals surface area contributed by atoms with E-state index in [9.17, 15) is 13.2 Å². The highest BCUT2D eigenvalue weighted by Crippen LogP contribution is 2.35. The van der Waals surface area contributed by atoms with Crippen molar-refractivity contribution >= 4 is 38.5 Å². The molecule has 1 aliphatic heterocycles. The first kappa shape index (κ1) is 19.9. The molecule has 1 heterocycles. The number of carbonyl (C=O) groups is 1. The van der Waals surface area contributed by atoms with Crippen molar-refractivity contribution in [2.24, 2.45) is 10.9 Å². The average molecular weight is 408 g/mol. The standard InChI is InChI=1S/C19H25N3O3S2/c1-27(24,25)22-16-9-7-15(8-10-16)17(13-14-5-2-3-6-14)18(23)21-19-20-11-4-12-26-19/h4,7-10,12,14,17,22H,2-3,5-6,11,13H2,1H3,(H,20,21,23). The summed E-state index contributed by atoms with van der Waals surface area (Å²) < 4.78 is 25.2. The van der Waals surface area contributed by atoms with Crippen molar-refractivity contribution in [1.82, 2.24) is 5.32 Å². The predicted octanol–water partition coefficient (Wildman–Crippen LogP) is 3.45. The Kier molecular flexibility index (Phi) is 6.59. The van der Waals surface area contributed by atoms with Crippen LogP contribution in [0.1, 0.15) is 43.6 Å². The fraction of sp³-hybridized carbons (Fsp3) is 0.474. The summed E-state index contributed by atoms with van der Waals surface area (Å²) in [5.41, 5.74) is 1.40. The zero-order chi connectivity index (χ0) is 19.3. The van der Waals surface area contributed by atoms with Crippen LogP contribution in [0.5, 0.6) is 0 Å². The second kappa shape index (κ2) is 8.93. The first-order valence-corrected chi connectivity index (χ1v) is 11.9. The SMILES string of the molecule is CS(=O)(=O)Nc1ccc(C(CC2CCCC2)C(=O)NC2=NCC=CS2)cc1. The molecule has 6 nitrogen and oxygen atoms in total. The molecule has 146 valence electrons. The zero-order valence-electron chi connectivity index (χ0n) is 15.3. The molecule has 1 aromatic rings. The van der Waals surface area contributed by atoms with Crippen LogP contribution in [0.4, 0.5) is 5.69 Å². The van der Waals surface area contributed by atoms with E-state index in [0.717, 1.165) is 31.1 Å². The van der Waals surface area contributed by atoms with Crippen LogP contribution in [0.2, 0.25) is 0 Å². The molecule has 1 unspecified atom stereocenters. The van der Waals surface area contributed by atoms with Gasteiger partial charge in [0.2, 0.25) is 15.9 Å². The van der Waals surface area contributed by atoms with Gasteiger partial charge in [-0.2, -0.15) is 0 Å². The second-order valence-electron chi connectivity index (χ2n) is 7.06. The summed E-state index contributed by atoms with van der Waals surface area (Å²) in [6.07, 6.45) is 8.65. The minimum absolute atomic E-state index is 0.0488. The zero-order valence-corrected chi connectivity index (χ0v) is 17.0. The molecule has 8 heteroatoms. The molecular weight excluding hydrogens is 382 g/mol. The summed E-state index contributed by atoms with van der Waals surface area (Å²) in [6.45, 7) is 0.585. The van der Waals surface area contributed by atoms with Crippen LogP contribution in [0.3, 0.4) is 0 Å². The van der Waals surface area contributed by atoms with Crippen molar-refractivity contribution in [2.75, 3.05) is 17.5 Å². The first-order valence-electron chi connectivity index (χ1n) is 9.15. The predicted molar refractivity (Wildman–Crippen MR) is 111 cm³/mol. The van der Waals surface area contributed by atoms with Gasteiger partial charge in [0.05, 0.1) is 18.7 Å². The third-order valence-electron chi connectivity index (χ3n) is 4.82. The normalized spacial score (nSPS) is 18.8. The van der Waals surface area contributed by atoms with Crippen LogP contribution in [0.25, 0.3) is 0 Å². The lowest BCUT2D eigenvalue weighted by Crippen LogP contribution is -2.34. The summed E-state index contributed by atoms with van der Waals surface area (Å²) >= 11 is 1.42. The number of hydrogen-bond acceptors (Lipinski definition) is 5. The Morgan fingerprint density at radius 1 is 1.26 bits per heavy atom. The first-order chi connectivity index (χ1) is 12.9. The van der Waals surface area contributed by atoms with Gasteiger partial charge in [-0.05, 0) is 35.4 Å². The number of rotatable bonds is 6. The molecule has 1 amide bonds. The Bertz CT molecular complexity index is 826. The van der Waals surface area contributed by atoms with Crippen molar-refractivity contribution in [2.45, 2.75) is 38.0 Å². The van der Waals surface area contributed by atoms with Gasteiger partial charge in [0.1, 0.15) is 0 Å². The van der Waals surface area contributed by atoms with Gasteiger partial charge >= 0.3 is 0 Å². The maximum Gasteiger partial charge on any atom is 0.233 e. The molecule has 0 spiro atoms. The largest absolute Gasteiger partial charge is 0.305 e. The topological polar surface area (TPSA) is 87.6 Å². The molecule has 0 bridgehead atoms. The lowest BCUT2D eigenvalue weighted by atomic mass is 9.87. The minimum atomic E-state index is -3.32. The van der Waals surface area contributed by atoms with Crippen LogP contribution in [-0.4, -0.2) is 32.3 Å². The lowest BCUT2D eigenvalue weighted by molar-refractivity contribution is -0.121. The van der Waals surface area contributed by atoms with Crippen LogP contribution < -0.4 is 10.0 Å². The van der Waals surface area contributed by atoms with E-state index >= 15 is 0 Å². The summed E-state index contributed by atoms with van der Waals surface area (Å²) in [6, 6.07) is 7.09. The van der Waals surface area contributed by atoms with Crippen molar-refractivity contribution in [3.63, 3.8) is 0 Å². The van der Waals surface area contributed by atoms with Crippen molar-refractivity contribution < 1.29 is 13.2 Å². The average Bonchev–Trinajstić information content (AvgIpc) is 3.13. The van der Waals surface area contributed by atoms with E-state index in [-0.39, 0.29) is 11.8 Å². The molecule has 0 aromatic heterocycles. The van der Waals surface area contributed by atoms with Gasteiger partial charge in [-0.15, -0.1) is 0 Å². The highest BCUT2D eigenvalue weighted by molar-refractivity contribution is 8.16. The number of aliphatic imine (C=N–C) groups is 1. The van der Waals surface area contributed by atoms with E-state index < -0.39 is 10.0 Å². The molecule has 3 rings (SSSR count). The van der Waals surface area contributed by atoms with E-state index in [1.807, 2.05) is 23.6 Å². The van der Waals surface area contributed by atoms with Crippen LogP contribution in [0, 0.1) is 5.92 Å². The van der Waals surface area contributed by atoms with Gasteiger partial charge in [-0.1, -0.05) is 55.7 Å². The van der Waals surface area contributed by atoms with Crippen LogP contribution in [-0.2, 0) is 14.8 Å². The number of thioether (sulfide) groups is 1. The second-order valence-corrected chi connectivity index (χ2v) is 9.70. The van der Waals surface area contributed by atoms with Gasteiger partial charge in [0, 0.05) is 5.69 Å². The monoisotopic (exact) mass is 407 g/mol. The Balaban J connectivity index is 1.76. The van der Waals surface area contributed by atoms with Crippen molar-refractivity contribution in [3.05, 3.63) is 41.3 Å². The van der Waals surface area contributed by atoms with Gasteiger partial charge in [0.15, 0.2) is 5.17 Å². The van der Waals surface area contributed by atoms with Crippen LogP contribution in [0.15, 0.2) is 40.7 Å². The third-order valence-corrected chi connectivity index (χ3v) is 6.21. The van der Waals surface area contributed by atoms with E-state index in [2.05, 4.69) is 15.0 Å². The number of nitrogens with zero attached hydrogens (tertiary/aromatic N) is 1. The molecule has 1 saturated carbocycles. The third kappa shape index (κ3) is 6.10. The number of benzene rings is 1. The smallest absolute Gasteiger partial charge is 0.233 e. The quantitative estimate of drug-likeness (QED) is 0.756. The summed E-state index contributed by atoms with van der Waals surface area (Å²) in [7, 11) is -3.32. The number of amidine groups is 1. The summed E-state index contributed by atoms with van der Waals surface area (Å²) in [5.74, 6) is 0.234. The summed E-state index contributed by atoms with van der Waals surface area (Å²) in [4.78, 5) is 17.3. The highest BCUT2D eigenvalue weighted by Gasteiger charge is 2.27. The molecule has 1 aliphatic carbocycles. The van der Waals surface area contributed by atoms with Gasteiger partial charge in [-0.3, -0.25) is 14.5 Å². The summed E-state index contributed by atoms with van der Waals surface area (Å²) in [5, 5.41) is 5.52. The molecule has 1 fully saturated rings. The minimum Gasteiger partial charge on any atom is -0.305 e. The lowest BCUT2D eigenvalue weighted by Gasteiger charge is -2.21.